The van der Waals surface area contributed by atoms with Crippen molar-refractivity contribution >= 4 is 0 Å². The molecule has 1 unspecified atom stereocenters. The van der Waals surface area contributed by atoms with Gasteiger partial charge in [0.2, 0.25) is 0 Å². The van der Waals surface area contributed by atoms with Crippen molar-refractivity contribution in [1.82, 2.24) is 14.9 Å². The monoisotopic (exact) mass is 267 g/mol. The summed E-state index contributed by atoms with van der Waals surface area (Å²) >= 11 is 0. The highest BCUT2D eigenvalue weighted by Gasteiger charge is 2.24. The van der Waals surface area contributed by atoms with Crippen LogP contribution in [0.4, 0.5) is 0 Å². The first-order valence-corrected chi connectivity index (χ1v) is 7.74. The van der Waals surface area contributed by atoms with Crippen molar-refractivity contribution < 1.29 is 0 Å². The standard InChI is InChI=1S/C17H21N3/c1-2-6-16-13(4-1)5-3-7-17(16)20-12-18-10-15(20)11-19-14-8-9-14/h1-2,4,6,10,12,14,17,19H,3,5,7-9,11H2. The van der Waals surface area contributed by atoms with E-state index in [0.29, 0.717) is 6.04 Å². The first kappa shape index (κ1) is 12.2. The molecular weight excluding hydrogens is 246 g/mol. The van der Waals surface area contributed by atoms with Gasteiger partial charge in [-0.2, -0.15) is 0 Å². The van der Waals surface area contributed by atoms with Crippen molar-refractivity contribution in [3.63, 3.8) is 0 Å². The van der Waals surface area contributed by atoms with E-state index < -0.39 is 0 Å². The topological polar surface area (TPSA) is 29.9 Å². The number of hydrogen-bond acceptors (Lipinski definition) is 2. The molecule has 2 aliphatic rings. The number of aryl methyl sites for hydroxylation is 1. The van der Waals surface area contributed by atoms with Gasteiger partial charge in [-0.3, -0.25) is 0 Å². The minimum absolute atomic E-state index is 0.471. The van der Waals surface area contributed by atoms with Crippen molar-refractivity contribution in [2.24, 2.45) is 0 Å². The highest BCUT2D eigenvalue weighted by molar-refractivity contribution is 5.33. The Morgan fingerprint density at radius 3 is 3.00 bits per heavy atom. The maximum atomic E-state index is 4.39. The summed E-state index contributed by atoms with van der Waals surface area (Å²) in [5, 5.41) is 3.60. The van der Waals surface area contributed by atoms with Crippen LogP contribution in [0.1, 0.15) is 48.5 Å². The van der Waals surface area contributed by atoms with E-state index >= 15 is 0 Å². The summed E-state index contributed by atoms with van der Waals surface area (Å²) in [5.74, 6) is 0. The summed E-state index contributed by atoms with van der Waals surface area (Å²) in [5.41, 5.74) is 4.32. The van der Waals surface area contributed by atoms with Crippen molar-refractivity contribution in [1.29, 1.82) is 0 Å². The minimum atomic E-state index is 0.471. The zero-order valence-electron chi connectivity index (χ0n) is 11.8. The van der Waals surface area contributed by atoms with Crippen molar-refractivity contribution in [2.75, 3.05) is 0 Å². The summed E-state index contributed by atoms with van der Waals surface area (Å²) in [6.07, 6.45) is 10.4. The molecule has 0 saturated heterocycles. The fourth-order valence-corrected chi connectivity index (χ4v) is 3.30. The number of fused-ring (bicyclic) bond motifs is 1. The van der Waals surface area contributed by atoms with Gasteiger partial charge in [0.1, 0.15) is 0 Å². The van der Waals surface area contributed by atoms with Gasteiger partial charge in [-0.1, -0.05) is 24.3 Å². The Kier molecular flexibility index (Phi) is 3.07. The molecule has 2 aromatic rings. The Morgan fingerprint density at radius 2 is 2.10 bits per heavy atom. The average molecular weight is 267 g/mol. The van der Waals surface area contributed by atoms with E-state index in [0.717, 1.165) is 12.6 Å². The van der Waals surface area contributed by atoms with Crippen LogP contribution in [0.2, 0.25) is 0 Å². The predicted octanol–water partition coefficient (Wildman–Crippen LogP) is 3.06. The third kappa shape index (κ3) is 2.27. The maximum absolute atomic E-state index is 4.39. The molecule has 0 aliphatic heterocycles. The van der Waals surface area contributed by atoms with Crippen LogP contribution in [0.15, 0.2) is 36.8 Å². The molecule has 0 bridgehead atoms. The average Bonchev–Trinajstić information content (AvgIpc) is 3.21. The highest BCUT2D eigenvalue weighted by atomic mass is 15.1. The van der Waals surface area contributed by atoms with Crippen LogP contribution in [0.5, 0.6) is 0 Å². The second-order valence-corrected chi connectivity index (χ2v) is 6.05. The van der Waals surface area contributed by atoms with E-state index in [4.69, 9.17) is 0 Å². The molecule has 3 nitrogen and oxygen atoms in total. The molecule has 20 heavy (non-hydrogen) atoms. The molecular formula is C17H21N3. The first-order chi connectivity index (χ1) is 9.92. The third-order valence-corrected chi connectivity index (χ3v) is 4.57. The minimum Gasteiger partial charge on any atom is -0.326 e. The highest BCUT2D eigenvalue weighted by Crippen LogP contribution is 2.33. The molecule has 3 heteroatoms. The van der Waals surface area contributed by atoms with Gasteiger partial charge < -0.3 is 9.88 Å². The van der Waals surface area contributed by atoms with Gasteiger partial charge in [0.15, 0.2) is 0 Å². The fourth-order valence-electron chi connectivity index (χ4n) is 3.30. The summed E-state index contributed by atoms with van der Waals surface area (Å²) in [7, 11) is 0. The molecule has 1 heterocycles. The molecule has 104 valence electrons. The van der Waals surface area contributed by atoms with Crippen LogP contribution < -0.4 is 5.32 Å². The first-order valence-electron chi connectivity index (χ1n) is 7.74. The van der Waals surface area contributed by atoms with Gasteiger partial charge in [0, 0.05) is 18.8 Å². The second-order valence-electron chi connectivity index (χ2n) is 6.05. The van der Waals surface area contributed by atoms with Crippen LogP contribution in [-0.2, 0) is 13.0 Å². The molecule has 1 aromatic heterocycles. The normalized spacial score (nSPS) is 21.7. The number of benzene rings is 1. The van der Waals surface area contributed by atoms with Gasteiger partial charge >= 0.3 is 0 Å². The summed E-state index contributed by atoms with van der Waals surface area (Å²) in [4.78, 5) is 4.39. The van der Waals surface area contributed by atoms with Crippen LogP contribution >= 0.6 is 0 Å². The third-order valence-electron chi connectivity index (χ3n) is 4.57. The fraction of sp³-hybridized carbons (Fsp3) is 0.471. The van der Waals surface area contributed by atoms with Crippen LogP contribution in [0.3, 0.4) is 0 Å². The molecule has 4 rings (SSSR count). The maximum Gasteiger partial charge on any atom is 0.0954 e. The Labute approximate surface area is 120 Å². The Morgan fingerprint density at radius 1 is 1.20 bits per heavy atom. The molecule has 0 spiro atoms. The predicted molar refractivity (Wildman–Crippen MR) is 79.6 cm³/mol. The van der Waals surface area contributed by atoms with E-state index in [2.05, 4.69) is 39.1 Å². The van der Waals surface area contributed by atoms with E-state index in [9.17, 15) is 0 Å². The number of imidazole rings is 1. The zero-order chi connectivity index (χ0) is 13.4. The Bertz CT molecular complexity index is 598. The number of aromatic nitrogens is 2. The number of nitrogens with one attached hydrogen (secondary N) is 1. The lowest BCUT2D eigenvalue weighted by Crippen LogP contribution is -2.22. The number of hydrogen-bond donors (Lipinski definition) is 1. The van der Waals surface area contributed by atoms with Gasteiger partial charge in [0.25, 0.3) is 0 Å². The van der Waals surface area contributed by atoms with E-state index in [1.807, 2.05) is 12.5 Å². The summed E-state index contributed by atoms with van der Waals surface area (Å²) in [6.45, 7) is 0.948. The van der Waals surface area contributed by atoms with Gasteiger partial charge in [-0.15, -0.1) is 0 Å². The summed E-state index contributed by atoms with van der Waals surface area (Å²) in [6, 6.07) is 10.1. The van der Waals surface area contributed by atoms with Crippen molar-refractivity contribution in [3.8, 4) is 0 Å². The smallest absolute Gasteiger partial charge is 0.0954 e. The van der Waals surface area contributed by atoms with Crippen LogP contribution in [0, 0.1) is 0 Å². The molecule has 1 saturated carbocycles. The molecule has 1 atom stereocenters. The zero-order valence-corrected chi connectivity index (χ0v) is 11.8. The summed E-state index contributed by atoms with van der Waals surface area (Å²) < 4.78 is 2.38. The SMILES string of the molecule is c1ccc2c(c1)CCCC2n1cncc1CNC1CC1. The molecule has 0 radical (unpaired) electrons. The second kappa shape index (κ2) is 5.06. The lowest BCUT2D eigenvalue weighted by atomic mass is 9.87. The molecule has 1 fully saturated rings. The molecule has 0 amide bonds. The Hall–Kier alpha value is -1.61. The van der Waals surface area contributed by atoms with Gasteiger partial charge in [-0.05, 0) is 43.2 Å². The quantitative estimate of drug-likeness (QED) is 0.922. The van der Waals surface area contributed by atoms with Crippen LogP contribution in [0.25, 0.3) is 0 Å². The lowest BCUT2D eigenvalue weighted by Gasteiger charge is -2.28. The van der Waals surface area contributed by atoms with Crippen LogP contribution in [-0.4, -0.2) is 15.6 Å². The lowest BCUT2D eigenvalue weighted by molar-refractivity contribution is 0.469. The van der Waals surface area contributed by atoms with Gasteiger partial charge in [0.05, 0.1) is 18.1 Å². The van der Waals surface area contributed by atoms with E-state index in [1.54, 1.807) is 0 Å². The van der Waals surface area contributed by atoms with Gasteiger partial charge in [-0.25, -0.2) is 4.98 Å². The largest absolute Gasteiger partial charge is 0.326 e. The Balaban J connectivity index is 1.62. The van der Waals surface area contributed by atoms with Crippen molar-refractivity contribution in [2.45, 2.75) is 50.7 Å². The van der Waals surface area contributed by atoms with E-state index in [1.165, 1.54) is 48.9 Å². The molecule has 1 N–H and O–H groups in total. The number of rotatable bonds is 4. The van der Waals surface area contributed by atoms with E-state index in [-0.39, 0.29) is 0 Å². The molecule has 1 aromatic carbocycles. The van der Waals surface area contributed by atoms with Crippen molar-refractivity contribution in [3.05, 3.63) is 53.6 Å². The molecule has 2 aliphatic carbocycles. The number of nitrogens with zero attached hydrogens (tertiary/aromatic N) is 2.